The van der Waals surface area contributed by atoms with Crippen molar-refractivity contribution < 1.29 is 17.9 Å². The van der Waals surface area contributed by atoms with Crippen molar-refractivity contribution in [3.63, 3.8) is 0 Å². The Morgan fingerprint density at radius 2 is 1.74 bits per heavy atom. The molecule has 0 bridgehead atoms. The minimum absolute atomic E-state index is 0.168. The SMILES string of the molecule is COc1ccc(S(=O)(=O)N2CCCCCC2)cc1C(=O)N1CCCNCC1. The molecule has 1 aromatic rings. The van der Waals surface area contributed by atoms with Gasteiger partial charge in [-0.15, -0.1) is 0 Å². The highest BCUT2D eigenvalue weighted by Crippen LogP contribution is 2.27. The summed E-state index contributed by atoms with van der Waals surface area (Å²) >= 11 is 0. The van der Waals surface area contributed by atoms with E-state index in [-0.39, 0.29) is 10.8 Å². The standard InChI is InChI=1S/C19H29N3O4S/c1-26-18-8-7-16(27(24,25)22-12-4-2-3-5-13-22)15-17(18)19(23)21-11-6-9-20-10-14-21/h7-8,15,20H,2-6,9-14H2,1H3. The van der Waals surface area contributed by atoms with E-state index in [1.165, 1.54) is 13.2 Å². The van der Waals surface area contributed by atoms with Crippen LogP contribution in [0.5, 0.6) is 5.75 Å². The summed E-state index contributed by atoms with van der Waals surface area (Å²) in [6, 6.07) is 4.62. The number of benzene rings is 1. The lowest BCUT2D eigenvalue weighted by molar-refractivity contribution is 0.0762. The molecule has 0 radical (unpaired) electrons. The molecule has 1 N–H and O–H groups in total. The first-order valence-corrected chi connectivity index (χ1v) is 11.2. The smallest absolute Gasteiger partial charge is 0.257 e. The highest BCUT2D eigenvalue weighted by molar-refractivity contribution is 7.89. The number of amides is 1. The Morgan fingerprint density at radius 1 is 1.00 bits per heavy atom. The number of nitrogens with one attached hydrogen (secondary N) is 1. The summed E-state index contributed by atoms with van der Waals surface area (Å²) in [5.41, 5.74) is 0.315. The second-order valence-electron chi connectivity index (χ2n) is 7.08. The van der Waals surface area contributed by atoms with Gasteiger partial charge in [0.15, 0.2) is 0 Å². The molecule has 0 aliphatic carbocycles. The van der Waals surface area contributed by atoms with Gasteiger partial charge in [0.05, 0.1) is 17.6 Å². The molecule has 0 aromatic heterocycles. The van der Waals surface area contributed by atoms with Crippen molar-refractivity contribution in [2.45, 2.75) is 37.0 Å². The van der Waals surface area contributed by atoms with Crippen LogP contribution in [0, 0.1) is 0 Å². The average molecular weight is 396 g/mol. The second kappa shape index (κ2) is 9.03. The lowest BCUT2D eigenvalue weighted by Crippen LogP contribution is -2.35. The van der Waals surface area contributed by atoms with Gasteiger partial charge < -0.3 is 15.0 Å². The van der Waals surface area contributed by atoms with E-state index in [9.17, 15) is 13.2 Å². The van der Waals surface area contributed by atoms with Crippen LogP contribution < -0.4 is 10.1 Å². The van der Waals surface area contributed by atoms with Crippen molar-refractivity contribution in [3.8, 4) is 5.75 Å². The molecule has 2 aliphatic rings. The Morgan fingerprint density at radius 3 is 2.44 bits per heavy atom. The molecule has 0 spiro atoms. The number of ether oxygens (including phenoxy) is 1. The Labute approximate surface area is 161 Å². The van der Waals surface area contributed by atoms with Crippen LogP contribution in [0.3, 0.4) is 0 Å². The van der Waals surface area contributed by atoms with Crippen LogP contribution in [-0.4, -0.2) is 69.9 Å². The molecular formula is C19H29N3O4S. The van der Waals surface area contributed by atoms with Crippen LogP contribution >= 0.6 is 0 Å². The van der Waals surface area contributed by atoms with E-state index < -0.39 is 10.0 Å². The Kier molecular flexibility index (Phi) is 6.73. The van der Waals surface area contributed by atoms with Crippen LogP contribution in [-0.2, 0) is 10.0 Å². The second-order valence-corrected chi connectivity index (χ2v) is 9.01. The average Bonchev–Trinajstić information content (AvgIpc) is 3.12. The Balaban J connectivity index is 1.91. The first-order chi connectivity index (χ1) is 13.0. The third-order valence-electron chi connectivity index (χ3n) is 5.23. The Bertz CT molecular complexity index is 750. The number of hydrogen-bond acceptors (Lipinski definition) is 5. The quantitative estimate of drug-likeness (QED) is 0.839. The number of sulfonamides is 1. The summed E-state index contributed by atoms with van der Waals surface area (Å²) in [4.78, 5) is 15.0. The number of rotatable bonds is 4. The summed E-state index contributed by atoms with van der Waals surface area (Å²) in [5, 5.41) is 3.27. The molecule has 150 valence electrons. The van der Waals surface area contributed by atoms with E-state index in [1.54, 1.807) is 21.3 Å². The first-order valence-electron chi connectivity index (χ1n) is 9.72. The number of hydrogen-bond donors (Lipinski definition) is 1. The van der Waals surface area contributed by atoms with Crippen molar-refractivity contribution in [3.05, 3.63) is 23.8 Å². The maximum Gasteiger partial charge on any atom is 0.257 e. The molecule has 8 heteroatoms. The highest BCUT2D eigenvalue weighted by atomic mass is 32.2. The van der Waals surface area contributed by atoms with Crippen molar-refractivity contribution in [2.24, 2.45) is 0 Å². The van der Waals surface area contributed by atoms with E-state index in [1.807, 2.05) is 0 Å². The van der Waals surface area contributed by atoms with Gasteiger partial charge in [0.1, 0.15) is 5.75 Å². The topological polar surface area (TPSA) is 79.0 Å². The highest BCUT2D eigenvalue weighted by Gasteiger charge is 2.28. The molecule has 2 heterocycles. The lowest BCUT2D eigenvalue weighted by atomic mass is 10.1. The summed E-state index contributed by atoms with van der Waals surface area (Å²) in [7, 11) is -2.11. The van der Waals surface area contributed by atoms with Crippen LogP contribution in [0.2, 0.25) is 0 Å². The third kappa shape index (κ3) is 4.62. The van der Waals surface area contributed by atoms with E-state index in [2.05, 4.69) is 5.32 Å². The minimum Gasteiger partial charge on any atom is -0.496 e. The van der Waals surface area contributed by atoms with Crippen LogP contribution in [0.4, 0.5) is 0 Å². The minimum atomic E-state index is -3.61. The zero-order valence-electron chi connectivity index (χ0n) is 15.9. The van der Waals surface area contributed by atoms with Crippen molar-refractivity contribution in [1.82, 2.24) is 14.5 Å². The molecule has 0 saturated carbocycles. The maximum absolute atomic E-state index is 13.1. The zero-order chi connectivity index (χ0) is 19.3. The monoisotopic (exact) mass is 395 g/mol. The van der Waals surface area contributed by atoms with Gasteiger partial charge in [-0.1, -0.05) is 12.8 Å². The molecule has 2 fully saturated rings. The number of carbonyl (C=O) groups excluding carboxylic acids is 1. The number of nitrogens with zero attached hydrogens (tertiary/aromatic N) is 2. The lowest BCUT2D eigenvalue weighted by Gasteiger charge is -2.23. The molecule has 0 atom stereocenters. The van der Waals surface area contributed by atoms with Gasteiger partial charge >= 0.3 is 0 Å². The predicted octanol–water partition coefficient (Wildman–Crippen LogP) is 1.70. The molecule has 1 amide bonds. The normalized spacial score (nSPS) is 20.0. The van der Waals surface area contributed by atoms with Crippen LogP contribution in [0.1, 0.15) is 42.5 Å². The van der Waals surface area contributed by atoms with Crippen molar-refractivity contribution in [1.29, 1.82) is 0 Å². The molecule has 2 saturated heterocycles. The largest absolute Gasteiger partial charge is 0.496 e. The van der Waals surface area contributed by atoms with Crippen molar-refractivity contribution in [2.75, 3.05) is 46.4 Å². The molecule has 1 aromatic carbocycles. The van der Waals surface area contributed by atoms with Gasteiger partial charge in [0.2, 0.25) is 10.0 Å². The zero-order valence-corrected chi connectivity index (χ0v) is 16.8. The van der Waals surface area contributed by atoms with Gasteiger partial charge in [-0.25, -0.2) is 8.42 Å². The Hall–Kier alpha value is -1.64. The molecule has 3 rings (SSSR count). The molecule has 7 nitrogen and oxygen atoms in total. The van der Waals surface area contributed by atoms with E-state index in [4.69, 9.17) is 4.74 Å². The van der Waals surface area contributed by atoms with E-state index in [0.29, 0.717) is 37.5 Å². The van der Waals surface area contributed by atoms with Crippen LogP contribution in [0.25, 0.3) is 0 Å². The van der Waals surface area contributed by atoms with Gasteiger partial charge in [-0.2, -0.15) is 4.31 Å². The molecule has 27 heavy (non-hydrogen) atoms. The fourth-order valence-corrected chi connectivity index (χ4v) is 5.21. The summed E-state index contributed by atoms with van der Waals surface area (Å²) in [5.74, 6) is 0.232. The molecule has 0 unspecified atom stereocenters. The summed E-state index contributed by atoms with van der Waals surface area (Å²) in [6.45, 7) is 3.94. The van der Waals surface area contributed by atoms with E-state index in [0.717, 1.165) is 45.2 Å². The molecule has 2 aliphatic heterocycles. The predicted molar refractivity (Wildman–Crippen MR) is 104 cm³/mol. The summed E-state index contributed by atoms with van der Waals surface area (Å²) in [6.07, 6.45) is 4.74. The van der Waals surface area contributed by atoms with Crippen molar-refractivity contribution >= 4 is 15.9 Å². The first kappa shape index (κ1) is 20.1. The maximum atomic E-state index is 13.1. The fourth-order valence-electron chi connectivity index (χ4n) is 3.66. The van der Waals surface area contributed by atoms with Gasteiger partial charge in [0, 0.05) is 32.7 Å². The number of carbonyl (C=O) groups is 1. The molecular weight excluding hydrogens is 366 g/mol. The van der Waals surface area contributed by atoms with E-state index >= 15 is 0 Å². The summed E-state index contributed by atoms with van der Waals surface area (Å²) < 4.78 is 33.1. The number of methoxy groups -OCH3 is 1. The van der Waals surface area contributed by atoms with Gasteiger partial charge in [0.25, 0.3) is 5.91 Å². The van der Waals surface area contributed by atoms with Gasteiger partial charge in [-0.05, 0) is 44.0 Å². The fraction of sp³-hybridized carbons (Fsp3) is 0.632. The van der Waals surface area contributed by atoms with Crippen LogP contribution in [0.15, 0.2) is 23.1 Å². The van der Waals surface area contributed by atoms with Gasteiger partial charge in [-0.3, -0.25) is 4.79 Å². The third-order valence-corrected chi connectivity index (χ3v) is 7.13.